The number of tetrazole rings is 1. The fourth-order valence-corrected chi connectivity index (χ4v) is 3.94. The molecule has 3 heterocycles. The van der Waals surface area contributed by atoms with Gasteiger partial charge in [0.1, 0.15) is 6.04 Å². The first-order valence-electron chi connectivity index (χ1n) is 8.34. The molecule has 6 heteroatoms. The highest BCUT2D eigenvalue weighted by Gasteiger charge is 2.24. The van der Waals surface area contributed by atoms with E-state index in [1.807, 2.05) is 16.8 Å². The summed E-state index contributed by atoms with van der Waals surface area (Å²) in [6, 6.07) is 23.1. The molecule has 0 radical (unpaired) electrons. The van der Waals surface area contributed by atoms with Gasteiger partial charge in [-0.1, -0.05) is 65.8 Å². The first-order valence-corrected chi connectivity index (χ1v) is 9.22. The van der Waals surface area contributed by atoms with Gasteiger partial charge in [0.05, 0.1) is 0 Å². The number of nitrogens with one attached hydrogen (secondary N) is 1. The first kappa shape index (κ1) is 15.0. The van der Waals surface area contributed by atoms with Crippen molar-refractivity contribution in [3.8, 4) is 11.1 Å². The molecular weight excluding hydrogens is 342 g/mol. The Morgan fingerprint density at radius 2 is 1.62 bits per heavy atom. The van der Waals surface area contributed by atoms with E-state index in [1.54, 1.807) is 11.3 Å². The van der Waals surface area contributed by atoms with Gasteiger partial charge in [-0.2, -0.15) is 4.68 Å². The molecule has 1 unspecified atom stereocenters. The molecule has 2 aromatic heterocycles. The quantitative estimate of drug-likeness (QED) is 0.588. The van der Waals surface area contributed by atoms with Crippen molar-refractivity contribution in [2.45, 2.75) is 6.04 Å². The summed E-state index contributed by atoms with van der Waals surface area (Å²) in [4.78, 5) is 1.21. The molecule has 1 N–H and O–H groups in total. The zero-order valence-corrected chi connectivity index (χ0v) is 14.6. The average Bonchev–Trinajstić information content (AvgIpc) is 3.40. The van der Waals surface area contributed by atoms with Crippen LogP contribution >= 0.6 is 11.3 Å². The zero-order chi connectivity index (χ0) is 17.3. The minimum absolute atomic E-state index is 0.00468. The number of fused-ring (bicyclic) bond motifs is 1. The number of rotatable bonds is 3. The summed E-state index contributed by atoms with van der Waals surface area (Å²) in [6.07, 6.45) is 2.17. The molecule has 26 heavy (non-hydrogen) atoms. The van der Waals surface area contributed by atoms with Gasteiger partial charge < -0.3 is 5.32 Å². The summed E-state index contributed by atoms with van der Waals surface area (Å²) in [5, 5.41) is 17.5. The molecule has 4 aromatic rings. The van der Waals surface area contributed by atoms with Crippen LogP contribution in [0.1, 0.15) is 16.5 Å². The topological polar surface area (TPSA) is 55.6 Å². The summed E-state index contributed by atoms with van der Waals surface area (Å²) < 4.78 is 1.81. The molecule has 2 aromatic carbocycles. The molecule has 0 saturated heterocycles. The molecule has 0 spiro atoms. The van der Waals surface area contributed by atoms with Crippen molar-refractivity contribution in [3.05, 3.63) is 88.6 Å². The lowest BCUT2D eigenvalue weighted by molar-refractivity contribution is 0.593. The normalized spacial score (nSPS) is 15.8. The van der Waals surface area contributed by atoms with Gasteiger partial charge in [0.2, 0.25) is 5.95 Å². The van der Waals surface area contributed by atoms with Crippen LogP contribution in [0.15, 0.2) is 78.2 Å². The van der Waals surface area contributed by atoms with Crippen LogP contribution in [-0.4, -0.2) is 20.2 Å². The van der Waals surface area contributed by atoms with E-state index in [0.717, 1.165) is 11.3 Å². The van der Waals surface area contributed by atoms with Crippen molar-refractivity contribution in [2.75, 3.05) is 5.32 Å². The summed E-state index contributed by atoms with van der Waals surface area (Å²) in [5.74, 6) is 0.660. The largest absolute Gasteiger partial charge is 0.323 e. The van der Waals surface area contributed by atoms with Crippen LogP contribution in [-0.2, 0) is 0 Å². The first-order chi connectivity index (χ1) is 12.9. The van der Waals surface area contributed by atoms with Gasteiger partial charge in [0, 0.05) is 10.6 Å². The Balaban J connectivity index is 1.52. The van der Waals surface area contributed by atoms with Crippen LogP contribution < -0.4 is 5.32 Å². The molecule has 5 nitrogen and oxygen atoms in total. The second kappa shape index (κ2) is 6.24. The van der Waals surface area contributed by atoms with E-state index < -0.39 is 0 Å². The molecule has 126 valence electrons. The number of nitrogens with zero attached hydrogens (tertiary/aromatic N) is 4. The smallest absolute Gasteiger partial charge is 0.248 e. The number of allylic oxidation sites excluding steroid dienone is 1. The third-order valence-corrected chi connectivity index (χ3v) is 5.41. The Kier molecular flexibility index (Phi) is 3.61. The van der Waals surface area contributed by atoms with Crippen molar-refractivity contribution in [1.82, 2.24) is 20.2 Å². The number of aromatic nitrogens is 4. The maximum Gasteiger partial charge on any atom is 0.248 e. The summed E-state index contributed by atoms with van der Waals surface area (Å²) in [5.41, 5.74) is 4.54. The molecule has 0 aliphatic carbocycles. The molecule has 1 atom stereocenters. The van der Waals surface area contributed by atoms with Gasteiger partial charge >= 0.3 is 0 Å². The van der Waals surface area contributed by atoms with Crippen molar-refractivity contribution in [2.24, 2.45) is 0 Å². The van der Waals surface area contributed by atoms with E-state index in [-0.39, 0.29) is 6.04 Å². The van der Waals surface area contributed by atoms with Gasteiger partial charge in [-0.15, -0.1) is 11.3 Å². The van der Waals surface area contributed by atoms with Gasteiger partial charge in [0.15, 0.2) is 0 Å². The van der Waals surface area contributed by atoms with Gasteiger partial charge in [-0.05, 0) is 44.6 Å². The SMILES string of the molecule is C1=C(c2ccc(-c3ccccc3)cc2)Nc2nnnn2C1c1cccs1. The molecule has 0 amide bonds. The predicted molar refractivity (Wildman–Crippen MR) is 104 cm³/mol. The Morgan fingerprint density at radius 3 is 2.38 bits per heavy atom. The fourth-order valence-electron chi connectivity index (χ4n) is 3.16. The maximum absolute atomic E-state index is 4.13. The second-order valence-corrected chi connectivity index (χ2v) is 7.04. The van der Waals surface area contributed by atoms with E-state index in [1.165, 1.54) is 16.0 Å². The third-order valence-electron chi connectivity index (χ3n) is 4.47. The van der Waals surface area contributed by atoms with Crippen LogP contribution in [0.25, 0.3) is 16.8 Å². The summed E-state index contributed by atoms with van der Waals surface area (Å²) in [7, 11) is 0. The van der Waals surface area contributed by atoms with E-state index in [4.69, 9.17) is 0 Å². The Labute approximate surface area is 154 Å². The molecule has 1 aliphatic heterocycles. The third kappa shape index (κ3) is 2.60. The van der Waals surface area contributed by atoms with Crippen LogP contribution in [0.3, 0.4) is 0 Å². The van der Waals surface area contributed by atoms with E-state index >= 15 is 0 Å². The monoisotopic (exact) mass is 357 g/mol. The zero-order valence-electron chi connectivity index (χ0n) is 13.8. The molecule has 5 rings (SSSR count). The number of benzene rings is 2. The summed E-state index contributed by atoms with van der Waals surface area (Å²) in [6.45, 7) is 0. The average molecular weight is 357 g/mol. The lowest BCUT2D eigenvalue weighted by Gasteiger charge is -2.22. The Hall–Kier alpha value is -3.25. The molecule has 1 aliphatic rings. The van der Waals surface area contributed by atoms with Crippen molar-refractivity contribution < 1.29 is 0 Å². The van der Waals surface area contributed by atoms with Crippen molar-refractivity contribution >= 4 is 23.0 Å². The van der Waals surface area contributed by atoms with E-state index in [0.29, 0.717) is 5.95 Å². The molecule has 0 fully saturated rings. The lowest BCUT2D eigenvalue weighted by Crippen LogP contribution is -2.19. The minimum atomic E-state index is 0.00468. The van der Waals surface area contributed by atoms with Crippen LogP contribution in [0, 0.1) is 0 Å². The van der Waals surface area contributed by atoms with Crippen molar-refractivity contribution in [1.29, 1.82) is 0 Å². The van der Waals surface area contributed by atoms with Crippen LogP contribution in [0.4, 0.5) is 5.95 Å². The van der Waals surface area contributed by atoms with Crippen LogP contribution in [0.5, 0.6) is 0 Å². The highest BCUT2D eigenvalue weighted by atomic mass is 32.1. The second-order valence-electron chi connectivity index (χ2n) is 6.06. The number of anilines is 1. The molecule has 0 saturated carbocycles. The Morgan fingerprint density at radius 1 is 0.846 bits per heavy atom. The lowest BCUT2D eigenvalue weighted by atomic mass is 10.0. The number of hydrogen-bond acceptors (Lipinski definition) is 5. The van der Waals surface area contributed by atoms with Gasteiger partial charge in [-0.25, -0.2) is 0 Å². The predicted octanol–water partition coefficient (Wildman–Crippen LogP) is 4.46. The van der Waals surface area contributed by atoms with Crippen LogP contribution in [0.2, 0.25) is 0 Å². The highest BCUT2D eigenvalue weighted by Crippen LogP contribution is 2.34. The number of hydrogen-bond donors (Lipinski definition) is 1. The maximum atomic E-state index is 4.13. The fraction of sp³-hybridized carbons (Fsp3) is 0.0500. The van der Waals surface area contributed by atoms with E-state index in [2.05, 4.69) is 86.9 Å². The molecular formula is C20H15N5S. The molecule has 0 bridgehead atoms. The number of thiophene rings is 1. The van der Waals surface area contributed by atoms with Crippen molar-refractivity contribution in [3.63, 3.8) is 0 Å². The van der Waals surface area contributed by atoms with E-state index in [9.17, 15) is 0 Å². The van der Waals surface area contributed by atoms with Gasteiger partial charge in [0.25, 0.3) is 0 Å². The van der Waals surface area contributed by atoms with Gasteiger partial charge in [-0.3, -0.25) is 0 Å². The Bertz CT molecular complexity index is 1050. The standard InChI is InChI=1S/C20H15N5S/c1-2-5-14(6-3-1)15-8-10-16(11-9-15)17-13-18(19-7-4-12-26-19)25-20(21-17)22-23-24-25/h1-13,18H,(H,21,22,24). The summed E-state index contributed by atoms with van der Waals surface area (Å²) >= 11 is 1.70. The highest BCUT2D eigenvalue weighted by molar-refractivity contribution is 7.10. The minimum Gasteiger partial charge on any atom is -0.323 e.